The van der Waals surface area contributed by atoms with Crippen LogP contribution in [0.5, 0.6) is 5.75 Å². The molecule has 0 heterocycles. The molecule has 7 heteroatoms. The van der Waals surface area contributed by atoms with E-state index in [4.69, 9.17) is 16.7 Å². The summed E-state index contributed by atoms with van der Waals surface area (Å²) in [5.41, 5.74) is -0.655. The highest BCUT2D eigenvalue weighted by Gasteiger charge is 2.18. The summed E-state index contributed by atoms with van der Waals surface area (Å²) in [6.07, 6.45) is 0. The predicted molar refractivity (Wildman–Crippen MR) is 49.5 cm³/mol. The average Bonchev–Trinajstić information content (AvgIpc) is 2.16. The molecule has 0 fully saturated rings. The minimum absolute atomic E-state index is 0.0966. The van der Waals surface area contributed by atoms with Crippen molar-refractivity contribution < 1.29 is 27.8 Å². The summed E-state index contributed by atoms with van der Waals surface area (Å²) < 4.78 is 40.9. The molecule has 0 atom stereocenters. The molecule has 0 radical (unpaired) electrons. The molecule has 0 amide bonds. The van der Waals surface area contributed by atoms with Gasteiger partial charge in [-0.3, -0.25) is 0 Å². The second-order valence-corrected chi connectivity index (χ2v) is 3.02. The van der Waals surface area contributed by atoms with Crippen molar-refractivity contribution >= 4 is 17.6 Å². The molecule has 0 saturated heterocycles. The molecule has 88 valence electrons. The Bertz CT molecular complexity index is 409. The van der Waals surface area contributed by atoms with E-state index in [2.05, 4.69) is 4.74 Å². The Morgan fingerprint density at radius 2 is 2.12 bits per heavy atom. The third-order valence-corrected chi connectivity index (χ3v) is 2.03. The van der Waals surface area contributed by atoms with Crippen LogP contribution in [0.1, 0.15) is 15.9 Å². The topological polar surface area (TPSA) is 46.5 Å². The van der Waals surface area contributed by atoms with Crippen LogP contribution in [-0.2, 0) is 5.88 Å². The van der Waals surface area contributed by atoms with Gasteiger partial charge in [0, 0.05) is 11.6 Å². The van der Waals surface area contributed by atoms with Gasteiger partial charge in [-0.1, -0.05) is 0 Å². The third kappa shape index (κ3) is 2.79. The number of hydrogen-bond acceptors (Lipinski definition) is 2. The van der Waals surface area contributed by atoms with Gasteiger partial charge in [0.05, 0.1) is 5.88 Å². The molecule has 0 spiro atoms. The number of carbonyl (C=O) groups is 1. The summed E-state index contributed by atoms with van der Waals surface area (Å²) in [6, 6.07) is 1.44. The summed E-state index contributed by atoms with van der Waals surface area (Å²) in [5, 5.41) is 8.70. The monoisotopic (exact) mass is 254 g/mol. The maximum Gasteiger partial charge on any atom is 0.387 e. The first-order valence-electron chi connectivity index (χ1n) is 4.02. The van der Waals surface area contributed by atoms with Gasteiger partial charge in [-0.2, -0.15) is 8.78 Å². The Labute approximate surface area is 93.4 Å². The van der Waals surface area contributed by atoms with E-state index < -0.39 is 29.7 Å². The van der Waals surface area contributed by atoms with E-state index in [9.17, 15) is 18.0 Å². The van der Waals surface area contributed by atoms with Gasteiger partial charge in [0.1, 0.15) is 17.1 Å². The summed E-state index contributed by atoms with van der Waals surface area (Å²) in [4.78, 5) is 10.7. The van der Waals surface area contributed by atoms with E-state index in [1.54, 1.807) is 0 Å². The van der Waals surface area contributed by atoms with Crippen LogP contribution in [0.3, 0.4) is 0 Å². The lowest BCUT2D eigenvalue weighted by Gasteiger charge is -2.09. The molecule has 0 aliphatic heterocycles. The van der Waals surface area contributed by atoms with Gasteiger partial charge in [-0.15, -0.1) is 11.6 Å². The van der Waals surface area contributed by atoms with Crippen LogP contribution < -0.4 is 4.74 Å². The first-order valence-corrected chi connectivity index (χ1v) is 4.55. The molecule has 0 bridgehead atoms. The minimum atomic E-state index is -3.22. The molecular formula is C9H6ClF3O3. The number of alkyl halides is 3. The second-order valence-electron chi connectivity index (χ2n) is 2.76. The van der Waals surface area contributed by atoms with Crippen LogP contribution >= 0.6 is 11.6 Å². The Hall–Kier alpha value is -1.43. The van der Waals surface area contributed by atoms with Crippen molar-refractivity contribution in [3.63, 3.8) is 0 Å². The van der Waals surface area contributed by atoms with Crippen molar-refractivity contribution in [2.24, 2.45) is 0 Å². The molecule has 1 N–H and O–H groups in total. The number of halogens is 4. The molecule has 0 aromatic heterocycles. The molecule has 16 heavy (non-hydrogen) atoms. The van der Waals surface area contributed by atoms with Crippen molar-refractivity contribution in [2.45, 2.75) is 12.5 Å². The zero-order valence-electron chi connectivity index (χ0n) is 7.71. The minimum Gasteiger partial charge on any atom is -0.478 e. The lowest BCUT2D eigenvalue weighted by atomic mass is 10.1. The number of ether oxygens (including phenoxy) is 1. The average molecular weight is 255 g/mol. The zero-order valence-corrected chi connectivity index (χ0v) is 8.47. The molecule has 1 rings (SSSR count). The van der Waals surface area contributed by atoms with Gasteiger partial charge in [-0.05, 0) is 6.07 Å². The lowest BCUT2D eigenvalue weighted by Crippen LogP contribution is -2.09. The smallest absolute Gasteiger partial charge is 0.387 e. The number of hydrogen-bond donors (Lipinski definition) is 1. The molecular weight excluding hydrogens is 249 g/mol. The van der Waals surface area contributed by atoms with Crippen molar-refractivity contribution in [3.8, 4) is 5.75 Å². The molecule has 1 aromatic carbocycles. The lowest BCUT2D eigenvalue weighted by molar-refractivity contribution is -0.0505. The largest absolute Gasteiger partial charge is 0.478 e. The van der Waals surface area contributed by atoms with Crippen molar-refractivity contribution in [3.05, 3.63) is 29.1 Å². The van der Waals surface area contributed by atoms with Crippen LogP contribution in [0, 0.1) is 5.82 Å². The van der Waals surface area contributed by atoms with Gasteiger partial charge in [-0.25, -0.2) is 9.18 Å². The van der Waals surface area contributed by atoms with Gasteiger partial charge < -0.3 is 9.84 Å². The fourth-order valence-corrected chi connectivity index (χ4v) is 1.27. The van der Waals surface area contributed by atoms with E-state index in [1.807, 2.05) is 0 Å². The van der Waals surface area contributed by atoms with Gasteiger partial charge >= 0.3 is 12.6 Å². The standard InChI is InChI=1S/C9H6ClF3O3/c10-3-4-1-5(8(14)15)7(2-6(4)11)16-9(12)13/h1-2,9H,3H2,(H,14,15). The van der Waals surface area contributed by atoms with Gasteiger partial charge in [0.2, 0.25) is 0 Å². The first-order chi connectivity index (χ1) is 7.45. The first kappa shape index (κ1) is 12.6. The van der Waals surface area contributed by atoms with Crippen LogP contribution in [0.4, 0.5) is 13.2 Å². The van der Waals surface area contributed by atoms with Gasteiger partial charge in [0.15, 0.2) is 0 Å². The summed E-state index contributed by atoms with van der Waals surface area (Å²) in [7, 11) is 0. The van der Waals surface area contributed by atoms with Gasteiger partial charge in [0.25, 0.3) is 0 Å². The Kier molecular flexibility index (Phi) is 4.00. The number of carboxylic acid groups (broad SMARTS) is 1. The number of carboxylic acids is 1. The Morgan fingerprint density at radius 1 is 1.50 bits per heavy atom. The second kappa shape index (κ2) is 5.07. The highest BCUT2D eigenvalue weighted by Crippen LogP contribution is 2.25. The summed E-state index contributed by atoms with van der Waals surface area (Å²) in [6.45, 7) is -3.22. The van der Waals surface area contributed by atoms with E-state index in [1.165, 1.54) is 0 Å². The molecule has 0 aliphatic carbocycles. The SMILES string of the molecule is O=C(O)c1cc(CCl)c(F)cc1OC(F)F. The van der Waals surface area contributed by atoms with E-state index in [0.29, 0.717) is 6.07 Å². The van der Waals surface area contributed by atoms with Crippen LogP contribution in [0.25, 0.3) is 0 Å². The Morgan fingerprint density at radius 3 is 2.56 bits per heavy atom. The number of rotatable bonds is 4. The van der Waals surface area contributed by atoms with Crippen LogP contribution in [-0.4, -0.2) is 17.7 Å². The van der Waals surface area contributed by atoms with E-state index in [-0.39, 0.29) is 11.4 Å². The fraction of sp³-hybridized carbons (Fsp3) is 0.222. The molecule has 0 unspecified atom stereocenters. The molecule has 1 aromatic rings. The summed E-state index contributed by atoms with van der Waals surface area (Å²) >= 11 is 5.35. The normalized spacial score (nSPS) is 10.6. The molecule has 3 nitrogen and oxygen atoms in total. The maximum atomic E-state index is 13.1. The highest BCUT2D eigenvalue weighted by atomic mass is 35.5. The van der Waals surface area contributed by atoms with Crippen molar-refractivity contribution in [1.29, 1.82) is 0 Å². The van der Waals surface area contributed by atoms with Crippen LogP contribution in [0.15, 0.2) is 12.1 Å². The van der Waals surface area contributed by atoms with E-state index >= 15 is 0 Å². The fourth-order valence-electron chi connectivity index (χ4n) is 1.06. The quantitative estimate of drug-likeness (QED) is 0.841. The van der Waals surface area contributed by atoms with Crippen molar-refractivity contribution in [1.82, 2.24) is 0 Å². The third-order valence-electron chi connectivity index (χ3n) is 1.74. The van der Waals surface area contributed by atoms with E-state index in [0.717, 1.165) is 6.07 Å². The molecule has 0 saturated carbocycles. The predicted octanol–water partition coefficient (Wildman–Crippen LogP) is 2.86. The number of aromatic carboxylic acids is 1. The maximum absolute atomic E-state index is 13.1. The molecule has 0 aliphatic rings. The zero-order chi connectivity index (χ0) is 12.3. The van der Waals surface area contributed by atoms with Crippen LogP contribution in [0.2, 0.25) is 0 Å². The number of benzene rings is 1. The Balaban J connectivity index is 3.24. The highest BCUT2D eigenvalue weighted by molar-refractivity contribution is 6.17. The van der Waals surface area contributed by atoms with Crippen molar-refractivity contribution in [2.75, 3.05) is 0 Å². The summed E-state index contributed by atoms with van der Waals surface area (Å²) in [5.74, 6) is -3.38.